The molecule has 0 atom stereocenters. The number of rotatable bonds is 4. The summed E-state index contributed by atoms with van der Waals surface area (Å²) in [4.78, 5) is 21.0. The van der Waals surface area contributed by atoms with Gasteiger partial charge in [-0.1, -0.05) is 13.8 Å². The van der Waals surface area contributed by atoms with Crippen molar-refractivity contribution in [2.45, 2.75) is 33.0 Å². The van der Waals surface area contributed by atoms with Crippen LogP contribution in [0.1, 0.15) is 20.3 Å². The number of carbonyl (C=O) groups excluding carboxylic acids is 1. The standard InChI is InChI=1S/C14H12F4N4O2.C2H6.CHF3O.CH4O/c15-9-4-8(24-14(16,17)18)5-10-12(9)13(21-7-20-10)19-6-11(23)22-2-1-3-22;1-2;2-1(3,4)5;1-2/h4-5,7H,1-3,6H2,(H,19,20,21);1-2H3;5H;2H,1H3. The van der Waals surface area contributed by atoms with Gasteiger partial charge in [0.1, 0.15) is 23.7 Å². The molecule has 15 heteroatoms. The van der Waals surface area contributed by atoms with E-state index in [1.54, 1.807) is 4.90 Å². The second kappa shape index (κ2) is 13.6. The number of carbonyl (C=O) groups is 1. The summed E-state index contributed by atoms with van der Waals surface area (Å²) in [5.41, 5.74) is -0.0665. The van der Waals surface area contributed by atoms with E-state index < -0.39 is 24.3 Å². The highest BCUT2D eigenvalue weighted by Gasteiger charge is 2.31. The maximum atomic E-state index is 14.2. The third-order valence-corrected chi connectivity index (χ3v) is 3.51. The van der Waals surface area contributed by atoms with Gasteiger partial charge in [-0.15, -0.1) is 26.3 Å². The number of alkyl halides is 6. The fraction of sp³-hybridized carbons (Fsp3) is 0.500. The largest absolute Gasteiger partial charge is 0.573 e. The van der Waals surface area contributed by atoms with E-state index in [2.05, 4.69) is 20.0 Å². The molecule has 0 unspecified atom stereocenters. The summed E-state index contributed by atoms with van der Waals surface area (Å²) in [5, 5.41) is 16.1. The van der Waals surface area contributed by atoms with Crippen molar-refractivity contribution in [2.24, 2.45) is 0 Å². The first kappa shape index (κ1) is 30.1. The zero-order valence-corrected chi connectivity index (χ0v) is 17.8. The molecule has 1 aliphatic heterocycles. The molecular weight excluding hydrogens is 469 g/mol. The second-order valence-corrected chi connectivity index (χ2v) is 5.63. The summed E-state index contributed by atoms with van der Waals surface area (Å²) >= 11 is 0. The number of halogens is 7. The predicted octanol–water partition coefficient (Wildman–Crippen LogP) is 3.44. The number of fused-ring (bicyclic) bond motifs is 1. The first-order chi connectivity index (χ1) is 15.3. The van der Waals surface area contributed by atoms with Crippen molar-refractivity contribution in [3.8, 4) is 5.75 Å². The van der Waals surface area contributed by atoms with Crippen molar-refractivity contribution in [3.63, 3.8) is 0 Å². The van der Waals surface area contributed by atoms with Gasteiger partial charge < -0.3 is 25.2 Å². The Bertz CT molecular complexity index is 869. The number of anilines is 1. The summed E-state index contributed by atoms with van der Waals surface area (Å²) in [6.45, 7) is 5.27. The van der Waals surface area contributed by atoms with Gasteiger partial charge in [0, 0.05) is 32.3 Å². The fourth-order valence-corrected chi connectivity index (χ4v) is 2.28. The molecule has 3 rings (SSSR count). The maximum absolute atomic E-state index is 14.2. The molecule has 1 fully saturated rings. The zero-order chi connectivity index (χ0) is 25.8. The van der Waals surface area contributed by atoms with E-state index in [9.17, 15) is 35.5 Å². The fourth-order valence-electron chi connectivity index (χ4n) is 2.28. The third-order valence-electron chi connectivity index (χ3n) is 3.51. The van der Waals surface area contributed by atoms with Crippen molar-refractivity contribution in [2.75, 3.05) is 32.1 Å². The van der Waals surface area contributed by atoms with Crippen LogP contribution in [-0.4, -0.2) is 70.5 Å². The van der Waals surface area contributed by atoms with Gasteiger partial charge in [0.25, 0.3) is 0 Å². The lowest BCUT2D eigenvalue weighted by molar-refractivity contribution is -0.295. The first-order valence-electron chi connectivity index (χ1n) is 9.29. The van der Waals surface area contributed by atoms with Crippen LogP contribution in [0.5, 0.6) is 5.75 Å². The van der Waals surface area contributed by atoms with Crippen LogP contribution in [-0.2, 0) is 4.79 Å². The number of aliphatic hydroxyl groups is 2. The molecule has 188 valence electrons. The molecule has 2 aromatic rings. The number of likely N-dealkylation sites (tertiary alicyclic amines) is 1. The van der Waals surface area contributed by atoms with E-state index in [-0.39, 0.29) is 29.2 Å². The van der Waals surface area contributed by atoms with Crippen LogP contribution in [0.3, 0.4) is 0 Å². The van der Waals surface area contributed by atoms with Crippen molar-refractivity contribution in [1.29, 1.82) is 0 Å². The minimum Gasteiger partial charge on any atom is -0.406 e. The van der Waals surface area contributed by atoms with Gasteiger partial charge in [-0.2, -0.15) is 0 Å². The van der Waals surface area contributed by atoms with Crippen LogP contribution in [0.25, 0.3) is 10.9 Å². The van der Waals surface area contributed by atoms with Gasteiger partial charge >= 0.3 is 12.7 Å². The van der Waals surface area contributed by atoms with E-state index in [1.807, 2.05) is 13.8 Å². The molecule has 0 spiro atoms. The Morgan fingerprint density at radius 3 is 2.12 bits per heavy atom. The van der Waals surface area contributed by atoms with Gasteiger partial charge in [0.05, 0.1) is 17.4 Å². The number of amides is 1. The normalized spacial score (nSPS) is 12.7. The average Bonchev–Trinajstić information content (AvgIpc) is 2.65. The summed E-state index contributed by atoms with van der Waals surface area (Å²) in [6.07, 6.45) is -7.92. The monoisotopic (exact) mass is 492 g/mol. The molecule has 33 heavy (non-hydrogen) atoms. The minimum absolute atomic E-state index is 0.0323. The summed E-state index contributed by atoms with van der Waals surface area (Å²) < 4.78 is 84.3. The Balaban J connectivity index is 0.000000991. The Morgan fingerprint density at radius 2 is 1.67 bits per heavy atom. The topological polar surface area (TPSA) is 108 Å². The van der Waals surface area contributed by atoms with Gasteiger partial charge in [-0.05, 0) is 6.42 Å². The van der Waals surface area contributed by atoms with E-state index in [0.717, 1.165) is 25.9 Å². The number of nitrogens with one attached hydrogen (secondary N) is 1. The van der Waals surface area contributed by atoms with E-state index in [0.29, 0.717) is 19.2 Å². The molecule has 2 heterocycles. The van der Waals surface area contributed by atoms with Crippen molar-refractivity contribution in [1.82, 2.24) is 14.9 Å². The molecular formula is C18H23F7N4O4. The van der Waals surface area contributed by atoms with Crippen molar-refractivity contribution >= 4 is 22.6 Å². The summed E-state index contributed by atoms with van der Waals surface area (Å²) in [5.74, 6) is -1.82. The van der Waals surface area contributed by atoms with Crippen LogP contribution < -0.4 is 10.1 Å². The molecule has 8 nitrogen and oxygen atoms in total. The third kappa shape index (κ3) is 11.5. The van der Waals surface area contributed by atoms with Gasteiger partial charge in [0.2, 0.25) is 5.91 Å². The van der Waals surface area contributed by atoms with Crippen LogP contribution in [0, 0.1) is 5.82 Å². The Kier molecular flexibility index (Phi) is 12.4. The molecule has 0 aliphatic carbocycles. The highest BCUT2D eigenvalue weighted by molar-refractivity contribution is 5.92. The summed E-state index contributed by atoms with van der Waals surface area (Å²) in [6, 6.07) is 1.55. The lowest BCUT2D eigenvalue weighted by Gasteiger charge is -2.31. The van der Waals surface area contributed by atoms with Gasteiger partial charge in [-0.25, -0.2) is 14.4 Å². The molecule has 0 bridgehead atoms. The number of nitrogens with zero attached hydrogens (tertiary/aromatic N) is 3. The second-order valence-electron chi connectivity index (χ2n) is 5.63. The lowest BCUT2D eigenvalue weighted by Crippen LogP contribution is -2.44. The van der Waals surface area contributed by atoms with Crippen molar-refractivity contribution in [3.05, 3.63) is 24.3 Å². The SMILES string of the molecule is CC.CO.O=C(CNc1ncnc2cc(OC(F)(F)F)cc(F)c12)N1CCC1.OC(F)(F)F. The Morgan fingerprint density at radius 1 is 1.12 bits per heavy atom. The number of aliphatic hydroxyl groups excluding tert-OH is 1. The Hall–Kier alpha value is -2.94. The first-order valence-corrected chi connectivity index (χ1v) is 9.29. The van der Waals surface area contributed by atoms with Crippen LogP contribution >= 0.6 is 0 Å². The zero-order valence-electron chi connectivity index (χ0n) is 17.8. The number of aromatic nitrogens is 2. The van der Waals surface area contributed by atoms with E-state index >= 15 is 0 Å². The van der Waals surface area contributed by atoms with Crippen molar-refractivity contribution < 1.29 is 50.5 Å². The highest BCUT2D eigenvalue weighted by atomic mass is 19.4. The maximum Gasteiger partial charge on any atom is 0.573 e. The highest BCUT2D eigenvalue weighted by Crippen LogP contribution is 2.30. The number of ether oxygens (including phenoxy) is 1. The molecule has 1 saturated heterocycles. The lowest BCUT2D eigenvalue weighted by atomic mass is 10.2. The smallest absolute Gasteiger partial charge is 0.406 e. The molecule has 3 N–H and O–H groups in total. The minimum atomic E-state index is -5.00. The molecule has 1 amide bonds. The number of hydrogen-bond acceptors (Lipinski definition) is 7. The van der Waals surface area contributed by atoms with Crippen LogP contribution in [0.2, 0.25) is 0 Å². The van der Waals surface area contributed by atoms with Crippen LogP contribution in [0.15, 0.2) is 18.5 Å². The quantitative estimate of drug-likeness (QED) is 0.562. The molecule has 1 aromatic carbocycles. The summed E-state index contributed by atoms with van der Waals surface area (Å²) in [7, 11) is 1.00. The Labute approximate surface area is 184 Å². The molecule has 1 aliphatic rings. The predicted molar refractivity (Wildman–Crippen MR) is 104 cm³/mol. The van der Waals surface area contributed by atoms with Crippen LogP contribution in [0.4, 0.5) is 36.6 Å². The molecule has 1 aromatic heterocycles. The number of benzene rings is 1. The molecule has 0 radical (unpaired) electrons. The van der Waals surface area contributed by atoms with Gasteiger partial charge in [-0.3, -0.25) is 4.79 Å². The van der Waals surface area contributed by atoms with Gasteiger partial charge in [0.15, 0.2) is 0 Å². The van der Waals surface area contributed by atoms with E-state index in [1.165, 1.54) is 0 Å². The number of hydrogen-bond donors (Lipinski definition) is 3. The molecule has 0 saturated carbocycles. The van der Waals surface area contributed by atoms with E-state index in [4.69, 9.17) is 10.2 Å². The average molecular weight is 492 g/mol.